The van der Waals surface area contributed by atoms with Gasteiger partial charge in [0.15, 0.2) is 0 Å². The zero-order valence-corrected chi connectivity index (χ0v) is 11.8. The molecule has 5 heteroatoms. The maximum Gasteiger partial charge on any atom is 0.340 e. The third kappa shape index (κ3) is 4.13. The van der Waals surface area contributed by atoms with Crippen LogP contribution in [0.3, 0.4) is 0 Å². The van der Waals surface area contributed by atoms with Gasteiger partial charge in [-0.1, -0.05) is 0 Å². The fourth-order valence-electron chi connectivity index (χ4n) is 1.85. The number of methoxy groups -OCH3 is 1. The predicted molar refractivity (Wildman–Crippen MR) is 76.6 cm³/mol. The summed E-state index contributed by atoms with van der Waals surface area (Å²) < 4.78 is 10.2. The van der Waals surface area contributed by atoms with Crippen molar-refractivity contribution < 1.29 is 14.3 Å². The minimum atomic E-state index is -0.347. The summed E-state index contributed by atoms with van der Waals surface area (Å²) in [5, 5.41) is 0. The number of anilines is 2. The van der Waals surface area contributed by atoms with Crippen molar-refractivity contribution in [3.05, 3.63) is 23.8 Å². The Labute approximate surface area is 114 Å². The highest BCUT2D eigenvalue weighted by Crippen LogP contribution is 2.24. The fourth-order valence-corrected chi connectivity index (χ4v) is 1.85. The highest BCUT2D eigenvalue weighted by Gasteiger charge is 2.17. The van der Waals surface area contributed by atoms with E-state index in [2.05, 4.69) is 4.90 Å². The summed E-state index contributed by atoms with van der Waals surface area (Å²) >= 11 is 0. The molecule has 0 radical (unpaired) electrons. The fraction of sp³-hybridized carbons (Fsp3) is 0.500. The highest BCUT2D eigenvalue weighted by atomic mass is 16.5. The van der Waals surface area contributed by atoms with Crippen molar-refractivity contribution in [2.24, 2.45) is 0 Å². The molecule has 2 N–H and O–H groups in total. The second-order valence-electron chi connectivity index (χ2n) is 4.07. The van der Waals surface area contributed by atoms with Crippen LogP contribution in [0.15, 0.2) is 18.2 Å². The zero-order valence-electron chi connectivity index (χ0n) is 11.8. The van der Waals surface area contributed by atoms with Gasteiger partial charge in [0, 0.05) is 25.9 Å². The minimum absolute atomic E-state index is 0.345. The maximum absolute atomic E-state index is 12.0. The molecule has 19 heavy (non-hydrogen) atoms. The molecule has 0 fully saturated rings. The van der Waals surface area contributed by atoms with Crippen molar-refractivity contribution in [1.29, 1.82) is 0 Å². The van der Waals surface area contributed by atoms with Crippen LogP contribution in [-0.2, 0) is 9.47 Å². The number of benzene rings is 1. The molecule has 0 heterocycles. The average Bonchev–Trinajstić information content (AvgIpc) is 2.41. The van der Waals surface area contributed by atoms with Gasteiger partial charge in [-0.05, 0) is 32.0 Å². The summed E-state index contributed by atoms with van der Waals surface area (Å²) in [6.45, 7) is 6.24. The van der Waals surface area contributed by atoms with Crippen LogP contribution in [0.2, 0.25) is 0 Å². The first kappa shape index (κ1) is 15.3. The molecular weight excluding hydrogens is 244 g/mol. The number of carbonyl (C=O) groups excluding carboxylic acids is 1. The quantitative estimate of drug-likeness (QED) is 0.603. The average molecular weight is 266 g/mol. The number of hydrogen-bond donors (Lipinski definition) is 1. The zero-order chi connectivity index (χ0) is 14.3. The van der Waals surface area contributed by atoms with Crippen molar-refractivity contribution in [3.8, 4) is 0 Å². The number of likely N-dealkylation sites (N-methyl/N-ethyl adjacent to an activating group) is 1. The van der Waals surface area contributed by atoms with Gasteiger partial charge < -0.3 is 20.1 Å². The molecule has 0 unspecified atom stereocenters. The SMILES string of the molecule is CCOC(=O)c1cc(N)ccc1N(CC)CCOC. The van der Waals surface area contributed by atoms with Gasteiger partial charge in [-0.3, -0.25) is 0 Å². The molecule has 0 aliphatic heterocycles. The molecule has 1 rings (SSSR count). The molecule has 0 aromatic heterocycles. The molecule has 0 aliphatic carbocycles. The van der Waals surface area contributed by atoms with E-state index in [1.807, 2.05) is 13.0 Å². The normalized spacial score (nSPS) is 10.3. The first-order chi connectivity index (χ1) is 9.13. The van der Waals surface area contributed by atoms with Crippen molar-refractivity contribution in [2.75, 3.05) is 44.0 Å². The number of nitrogens with zero attached hydrogens (tertiary/aromatic N) is 1. The molecule has 0 amide bonds. The number of rotatable bonds is 7. The second kappa shape index (κ2) is 7.63. The molecule has 0 saturated heterocycles. The van der Waals surface area contributed by atoms with Crippen LogP contribution in [0.25, 0.3) is 0 Å². The third-order valence-electron chi connectivity index (χ3n) is 2.80. The van der Waals surface area contributed by atoms with E-state index in [9.17, 15) is 4.79 Å². The van der Waals surface area contributed by atoms with Crippen LogP contribution >= 0.6 is 0 Å². The number of esters is 1. The van der Waals surface area contributed by atoms with Gasteiger partial charge in [0.2, 0.25) is 0 Å². The van der Waals surface area contributed by atoms with E-state index >= 15 is 0 Å². The van der Waals surface area contributed by atoms with E-state index in [1.54, 1.807) is 26.2 Å². The summed E-state index contributed by atoms with van der Waals surface area (Å²) in [4.78, 5) is 14.0. The lowest BCUT2D eigenvalue weighted by Gasteiger charge is -2.25. The Bertz CT molecular complexity index is 421. The summed E-state index contributed by atoms with van der Waals surface area (Å²) in [5.41, 5.74) is 7.63. The number of ether oxygens (including phenoxy) is 2. The number of hydrogen-bond acceptors (Lipinski definition) is 5. The molecule has 1 aromatic carbocycles. The van der Waals surface area contributed by atoms with Crippen LogP contribution in [0.4, 0.5) is 11.4 Å². The van der Waals surface area contributed by atoms with Crippen LogP contribution in [0, 0.1) is 0 Å². The van der Waals surface area contributed by atoms with E-state index in [1.165, 1.54) is 0 Å². The molecule has 5 nitrogen and oxygen atoms in total. The largest absolute Gasteiger partial charge is 0.462 e. The van der Waals surface area contributed by atoms with Crippen molar-refractivity contribution in [2.45, 2.75) is 13.8 Å². The Morgan fingerprint density at radius 3 is 2.68 bits per heavy atom. The molecule has 0 spiro atoms. The lowest BCUT2D eigenvalue weighted by molar-refractivity contribution is 0.0527. The lowest BCUT2D eigenvalue weighted by Crippen LogP contribution is -2.28. The smallest absolute Gasteiger partial charge is 0.340 e. The topological polar surface area (TPSA) is 64.8 Å². The number of nitrogen functional groups attached to an aromatic ring is 1. The first-order valence-electron chi connectivity index (χ1n) is 6.44. The van der Waals surface area contributed by atoms with Crippen molar-refractivity contribution in [1.82, 2.24) is 0 Å². The minimum Gasteiger partial charge on any atom is -0.462 e. The van der Waals surface area contributed by atoms with Crippen LogP contribution in [0.5, 0.6) is 0 Å². The van der Waals surface area contributed by atoms with E-state index in [-0.39, 0.29) is 5.97 Å². The lowest BCUT2D eigenvalue weighted by atomic mass is 10.1. The van der Waals surface area contributed by atoms with Crippen LogP contribution < -0.4 is 10.6 Å². The Morgan fingerprint density at radius 1 is 1.37 bits per heavy atom. The molecule has 0 atom stereocenters. The monoisotopic (exact) mass is 266 g/mol. The Morgan fingerprint density at radius 2 is 2.11 bits per heavy atom. The van der Waals surface area contributed by atoms with E-state index in [4.69, 9.17) is 15.2 Å². The number of carbonyl (C=O) groups is 1. The summed E-state index contributed by atoms with van der Waals surface area (Å²) in [5.74, 6) is -0.347. The maximum atomic E-state index is 12.0. The van der Waals surface area contributed by atoms with Gasteiger partial charge in [-0.25, -0.2) is 4.79 Å². The molecule has 1 aromatic rings. The molecule has 0 bridgehead atoms. The van der Waals surface area contributed by atoms with Crippen LogP contribution in [-0.4, -0.2) is 39.4 Å². The van der Waals surface area contributed by atoms with Crippen molar-refractivity contribution >= 4 is 17.3 Å². The van der Waals surface area contributed by atoms with E-state index in [0.29, 0.717) is 31.0 Å². The summed E-state index contributed by atoms with van der Waals surface area (Å²) in [7, 11) is 1.66. The number of nitrogens with two attached hydrogens (primary N) is 1. The van der Waals surface area contributed by atoms with Gasteiger partial charge in [-0.15, -0.1) is 0 Å². The van der Waals surface area contributed by atoms with E-state index in [0.717, 1.165) is 12.2 Å². The molecular formula is C14H22N2O3. The standard InChI is InChI=1S/C14H22N2O3/c1-4-16(8-9-18-3)13-7-6-11(15)10-12(13)14(17)19-5-2/h6-7,10H,4-5,8-9,15H2,1-3H3. The van der Waals surface area contributed by atoms with Gasteiger partial charge in [0.1, 0.15) is 0 Å². The molecule has 0 aliphatic rings. The van der Waals surface area contributed by atoms with Crippen LogP contribution in [0.1, 0.15) is 24.2 Å². The van der Waals surface area contributed by atoms with Gasteiger partial charge in [0.25, 0.3) is 0 Å². The predicted octanol–water partition coefficient (Wildman–Crippen LogP) is 1.92. The summed E-state index contributed by atoms with van der Waals surface area (Å²) in [6, 6.07) is 5.29. The van der Waals surface area contributed by atoms with Gasteiger partial charge >= 0.3 is 5.97 Å². The highest BCUT2D eigenvalue weighted by molar-refractivity contribution is 5.97. The Hall–Kier alpha value is -1.75. The second-order valence-corrected chi connectivity index (χ2v) is 4.07. The Balaban J connectivity index is 3.06. The third-order valence-corrected chi connectivity index (χ3v) is 2.80. The Kier molecular flexibility index (Phi) is 6.15. The molecule has 106 valence electrons. The van der Waals surface area contributed by atoms with Crippen molar-refractivity contribution in [3.63, 3.8) is 0 Å². The summed E-state index contributed by atoms with van der Waals surface area (Å²) in [6.07, 6.45) is 0. The van der Waals surface area contributed by atoms with Gasteiger partial charge in [0.05, 0.1) is 24.5 Å². The van der Waals surface area contributed by atoms with E-state index < -0.39 is 0 Å². The first-order valence-corrected chi connectivity index (χ1v) is 6.44. The molecule has 0 saturated carbocycles. The van der Waals surface area contributed by atoms with Gasteiger partial charge in [-0.2, -0.15) is 0 Å².